The van der Waals surface area contributed by atoms with Gasteiger partial charge in [0, 0.05) is 12.4 Å². The fourth-order valence-electron chi connectivity index (χ4n) is 0.863. The topological polar surface area (TPSA) is 57.8 Å². The Balaban J connectivity index is 2.49. The molecule has 0 aliphatic carbocycles. The number of carbonyl (C=O) groups is 1. The van der Waals surface area contributed by atoms with E-state index in [-0.39, 0.29) is 11.9 Å². The number of halogens is 1. The average Bonchev–Trinajstić information content (AvgIpc) is 2.56. The smallest absolute Gasteiger partial charge is 0.231 e. The van der Waals surface area contributed by atoms with Crippen LogP contribution >= 0.6 is 15.9 Å². The summed E-state index contributed by atoms with van der Waals surface area (Å²) in [6.07, 6.45) is 3.39. The predicted molar refractivity (Wildman–Crippen MR) is 48.9 cm³/mol. The minimum atomic E-state index is -0.0648. The van der Waals surface area contributed by atoms with Gasteiger partial charge in [-0.15, -0.1) is 0 Å². The maximum Gasteiger partial charge on any atom is 0.231 e. The molecule has 4 nitrogen and oxygen atoms in total. The number of imidazole rings is 1. The Morgan fingerprint density at radius 1 is 1.92 bits per heavy atom. The average molecular weight is 232 g/mol. The molecule has 2 N–H and O–H groups in total. The molecule has 0 saturated heterocycles. The number of aromatic nitrogens is 2. The van der Waals surface area contributed by atoms with Gasteiger partial charge < -0.3 is 10.3 Å². The Morgan fingerprint density at radius 3 is 3.17 bits per heavy atom. The van der Waals surface area contributed by atoms with Gasteiger partial charge in [-0.1, -0.05) is 15.9 Å². The second-order valence-corrected chi connectivity index (χ2v) is 2.96. The first-order chi connectivity index (χ1) is 5.74. The molecule has 66 valence electrons. The molecule has 1 rings (SSSR count). The zero-order valence-corrected chi connectivity index (χ0v) is 8.26. The third-order valence-electron chi connectivity index (χ3n) is 1.43. The molecule has 0 radical (unpaired) electrons. The number of carbonyl (C=O) groups excluding carboxylic acids is 1. The molecular weight excluding hydrogens is 222 g/mol. The predicted octanol–water partition coefficient (Wildman–Crippen LogP) is 0.982. The van der Waals surface area contributed by atoms with Crippen molar-refractivity contribution in [1.82, 2.24) is 15.3 Å². The van der Waals surface area contributed by atoms with Gasteiger partial charge in [0.25, 0.3) is 0 Å². The van der Waals surface area contributed by atoms with Gasteiger partial charge in [-0.25, -0.2) is 4.98 Å². The van der Waals surface area contributed by atoms with Crippen LogP contribution < -0.4 is 5.32 Å². The van der Waals surface area contributed by atoms with Crippen molar-refractivity contribution in [3.05, 3.63) is 18.2 Å². The van der Waals surface area contributed by atoms with Crippen LogP contribution in [0.25, 0.3) is 0 Å². The summed E-state index contributed by atoms with van der Waals surface area (Å²) in [4.78, 5) is 17.9. The molecule has 0 aliphatic rings. The van der Waals surface area contributed by atoms with Crippen molar-refractivity contribution in [1.29, 1.82) is 0 Å². The van der Waals surface area contributed by atoms with E-state index in [2.05, 4.69) is 31.2 Å². The highest BCUT2D eigenvalue weighted by Gasteiger charge is 2.09. The van der Waals surface area contributed by atoms with Crippen molar-refractivity contribution in [2.45, 2.75) is 13.0 Å². The maximum atomic E-state index is 10.9. The Kier molecular flexibility index (Phi) is 3.28. The summed E-state index contributed by atoms with van der Waals surface area (Å²) >= 11 is 3.06. The highest BCUT2D eigenvalue weighted by Crippen LogP contribution is 2.04. The summed E-state index contributed by atoms with van der Waals surface area (Å²) in [5.74, 6) is 0.725. The van der Waals surface area contributed by atoms with Crippen molar-refractivity contribution >= 4 is 21.8 Å². The van der Waals surface area contributed by atoms with E-state index in [4.69, 9.17) is 0 Å². The van der Waals surface area contributed by atoms with E-state index in [1.165, 1.54) is 0 Å². The number of aromatic amines is 1. The second-order valence-electron chi connectivity index (χ2n) is 2.40. The van der Waals surface area contributed by atoms with E-state index in [0.717, 1.165) is 5.82 Å². The first kappa shape index (κ1) is 9.25. The highest BCUT2D eigenvalue weighted by atomic mass is 79.9. The van der Waals surface area contributed by atoms with E-state index in [9.17, 15) is 4.79 Å². The molecule has 1 atom stereocenters. The lowest BCUT2D eigenvalue weighted by molar-refractivity contribution is -0.119. The van der Waals surface area contributed by atoms with Gasteiger partial charge in [0.2, 0.25) is 5.91 Å². The molecule has 0 aromatic carbocycles. The van der Waals surface area contributed by atoms with E-state index >= 15 is 0 Å². The van der Waals surface area contributed by atoms with Crippen molar-refractivity contribution in [2.75, 3.05) is 5.33 Å². The Hall–Kier alpha value is -0.840. The zero-order valence-electron chi connectivity index (χ0n) is 6.67. The van der Waals surface area contributed by atoms with Gasteiger partial charge in [0.05, 0.1) is 11.4 Å². The fraction of sp³-hybridized carbons (Fsp3) is 0.429. The lowest BCUT2D eigenvalue weighted by Crippen LogP contribution is -2.27. The van der Waals surface area contributed by atoms with Crippen molar-refractivity contribution < 1.29 is 4.79 Å². The Bertz CT molecular complexity index is 247. The van der Waals surface area contributed by atoms with Crippen LogP contribution in [-0.4, -0.2) is 21.2 Å². The van der Waals surface area contributed by atoms with Crippen LogP contribution in [0.3, 0.4) is 0 Å². The highest BCUT2D eigenvalue weighted by molar-refractivity contribution is 9.09. The maximum absolute atomic E-state index is 10.9. The van der Waals surface area contributed by atoms with Crippen LogP contribution in [-0.2, 0) is 4.79 Å². The SMILES string of the molecule is CC(NC(=O)CBr)c1ncc[nH]1. The zero-order chi connectivity index (χ0) is 8.97. The van der Waals surface area contributed by atoms with Gasteiger partial charge >= 0.3 is 0 Å². The first-order valence-electron chi connectivity index (χ1n) is 3.58. The number of hydrogen-bond acceptors (Lipinski definition) is 2. The lowest BCUT2D eigenvalue weighted by atomic mass is 10.3. The van der Waals surface area contributed by atoms with Gasteiger partial charge in [-0.3, -0.25) is 4.79 Å². The standard InChI is InChI=1S/C7H10BrN3O/c1-5(11-6(12)4-8)7-9-2-3-10-7/h2-3,5H,4H2,1H3,(H,9,10)(H,11,12). The third kappa shape index (κ3) is 2.34. The van der Waals surface area contributed by atoms with Crippen LogP contribution in [0, 0.1) is 0 Å². The van der Waals surface area contributed by atoms with Crippen LogP contribution in [0.5, 0.6) is 0 Å². The molecule has 0 bridgehead atoms. The summed E-state index contributed by atoms with van der Waals surface area (Å²) in [5, 5.41) is 3.07. The van der Waals surface area contributed by atoms with E-state index in [1.807, 2.05) is 6.92 Å². The van der Waals surface area contributed by atoms with Gasteiger partial charge in [0.15, 0.2) is 0 Å². The van der Waals surface area contributed by atoms with E-state index < -0.39 is 0 Å². The van der Waals surface area contributed by atoms with E-state index in [0.29, 0.717) is 5.33 Å². The Morgan fingerprint density at radius 2 is 2.67 bits per heavy atom. The van der Waals surface area contributed by atoms with Crippen LogP contribution in [0.4, 0.5) is 0 Å². The number of H-pyrrole nitrogens is 1. The number of nitrogens with one attached hydrogen (secondary N) is 2. The molecule has 5 heteroatoms. The van der Waals surface area contributed by atoms with Crippen molar-refractivity contribution in [3.63, 3.8) is 0 Å². The number of rotatable bonds is 3. The molecule has 0 aliphatic heterocycles. The lowest BCUT2D eigenvalue weighted by Gasteiger charge is -2.09. The minimum absolute atomic E-state index is 0.0427. The molecule has 1 unspecified atom stereocenters. The fourth-order valence-corrected chi connectivity index (χ4v) is 1.02. The summed E-state index contributed by atoms with van der Waals surface area (Å²) in [6, 6.07) is -0.0648. The van der Waals surface area contributed by atoms with Crippen LogP contribution in [0.15, 0.2) is 12.4 Å². The van der Waals surface area contributed by atoms with E-state index in [1.54, 1.807) is 12.4 Å². The molecule has 1 amide bonds. The van der Waals surface area contributed by atoms with Crippen LogP contribution in [0.2, 0.25) is 0 Å². The monoisotopic (exact) mass is 231 g/mol. The number of hydrogen-bond donors (Lipinski definition) is 2. The second kappa shape index (κ2) is 4.25. The molecular formula is C7H10BrN3O. The number of alkyl halides is 1. The molecule has 0 spiro atoms. The summed E-state index contributed by atoms with van der Waals surface area (Å²) < 4.78 is 0. The summed E-state index contributed by atoms with van der Waals surface area (Å²) in [5.41, 5.74) is 0. The normalized spacial score (nSPS) is 12.5. The van der Waals surface area contributed by atoms with Gasteiger partial charge in [0.1, 0.15) is 5.82 Å². The molecule has 0 fully saturated rings. The quantitative estimate of drug-likeness (QED) is 0.763. The summed E-state index contributed by atoms with van der Waals surface area (Å²) in [7, 11) is 0. The number of amides is 1. The minimum Gasteiger partial charge on any atom is -0.347 e. The largest absolute Gasteiger partial charge is 0.347 e. The molecule has 12 heavy (non-hydrogen) atoms. The molecule has 1 aromatic rings. The molecule has 1 aromatic heterocycles. The number of nitrogens with zero attached hydrogens (tertiary/aromatic N) is 1. The summed E-state index contributed by atoms with van der Waals surface area (Å²) in [6.45, 7) is 1.87. The third-order valence-corrected chi connectivity index (χ3v) is 1.94. The molecule has 0 saturated carbocycles. The van der Waals surface area contributed by atoms with Crippen LogP contribution in [0.1, 0.15) is 18.8 Å². The molecule has 1 heterocycles. The van der Waals surface area contributed by atoms with Gasteiger partial charge in [-0.2, -0.15) is 0 Å². The first-order valence-corrected chi connectivity index (χ1v) is 4.70. The van der Waals surface area contributed by atoms with Crippen molar-refractivity contribution in [3.8, 4) is 0 Å². The van der Waals surface area contributed by atoms with Gasteiger partial charge in [-0.05, 0) is 6.92 Å². The van der Waals surface area contributed by atoms with Crippen molar-refractivity contribution in [2.24, 2.45) is 0 Å². The Labute approximate surface area is 78.9 Å².